The van der Waals surface area contributed by atoms with Gasteiger partial charge in [0.25, 0.3) is 0 Å². The number of rotatable bonds is 6. The highest BCUT2D eigenvalue weighted by Gasteiger charge is 2.42. The predicted molar refractivity (Wildman–Crippen MR) is 84.4 cm³/mol. The SMILES string of the molecule is C[C@@H](OC1CCCCO1)C(O)(Cn1cncn1)c1cc(F)c(F)cc1F. The monoisotopic (exact) mass is 371 g/mol. The van der Waals surface area contributed by atoms with Crippen molar-refractivity contribution < 1.29 is 27.8 Å². The molecule has 0 aliphatic carbocycles. The van der Waals surface area contributed by atoms with Crippen LogP contribution in [0.3, 0.4) is 0 Å². The summed E-state index contributed by atoms with van der Waals surface area (Å²) in [5.41, 5.74) is -2.44. The van der Waals surface area contributed by atoms with Crippen molar-refractivity contribution in [3.8, 4) is 0 Å². The van der Waals surface area contributed by atoms with E-state index in [1.165, 1.54) is 24.3 Å². The van der Waals surface area contributed by atoms with Crippen LogP contribution in [0, 0.1) is 17.5 Å². The molecule has 2 aromatic rings. The summed E-state index contributed by atoms with van der Waals surface area (Å²) >= 11 is 0. The Bertz CT molecular complexity index is 738. The number of ether oxygens (including phenoxy) is 2. The van der Waals surface area contributed by atoms with Crippen LogP contribution < -0.4 is 0 Å². The molecule has 0 saturated carbocycles. The third-order valence-electron chi connectivity index (χ3n) is 4.51. The van der Waals surface area contributed by atoms with Gasteiger partial charge < -0.3 is 14.6 Å². The van der Waals surface area contributed by atoms with Crippen molar-refractivity contribution in [2.45, 2.75) is 50.7 Å². The number of benzene rings is 1. The molecule has 1 N–H and O–H groups in total. The molecule has 6 nitrogen and oxygen atoms in total. The zero-order valence-corrected chi connectivity index (χ0v) is 14.2. The van der Waals surface area contributed by atoms with E-state index in [1.807, 2.05) is 0 Å². The summed E-state index contributed by atoms with van der Waals surface area (Å²) in [5.74, 6) is -3.68. The first kappa shape index (κ1) is 18.8. The van der Waals surface area contributed by atoms with Crippen molar-refractivity contribution in [1.29, 1.82) is 0 Å². The summed E-state index contributed by atoms with van der Waals surface area (Å²) < 4.78 is 54.0. The summed E-state index contributed by atoms with van der Waals surface area (Å²) in [5, 5.41) is 15.1. The number of aliphatic hydroxyl groups is 1. The van der Waals surface area contributed by atoms with Crippen molar-refractivity contribution in [3.63, 3.8) is 0 Å². The fourth-order valence-electron chi connectivity index (χ4n) is 3.01. The fraction of sp³-hybridized carbons (Fsp3) is 0.529. The van der Waals surface area contributed by atoms with Crippen LogP contribution in [0.25, 0.3) is 0 Å². The van der Waals surface area contributed by atoms with Crippen LogP contribution in [0.1, 0.15) is 31.7 Å². The van der Waals surface area contributed by atoms with Gasteiger partial charge in [-0.15, -0.1) is 0 Å². The van der Waals surface area contributed by atoms with Crippen LogP contribution in [0.5, 0.6) is 0 Å². The molecule has 0 spiro atoms. The fourth-order valence-corrected chi connectivity index (χ4v) is 3.01. The molecule has 1 aromatic carbocycles. The Labute approximate surface area is 148 Å². The topological polar surface area (TPSA) is 69.4 Å². The average Bonchev–Trinajstić information content (AvgIpc) is 3.11. The molecule has 26 heavy (non-hydrogen) atoms. The van der Waals surface area contributed by atoms with Gasteiger partial charge >= 0.3 is 0 Å². The largest absolute Gasteiger partial charge is 0.380 e. The van der Waals surface area contributed by atoms with Crippen molar-refractivity contribution >= 4 is 0 Å². The van der Waals surface area contributed by atoms with E-state index in [1.54, 1.807) is 0 Å². The highest BCUT2D eigenvalue weighted by Crippen LogP contribution is 2.34. The average molecular weight is 371 g/mol. The molecule has 1 aliphatic rings. The van der Waals surface area contributed by atoms with Crippen LogP contribution in [0.15, 0.2) is 24.8 Å². The first-order valence-corrected chi connectivity index (χ1v) is 8.37. The standard InChI is InChI=1S/C17H20F3N3O3/c1-11(26-16-4-2-3-5-25-16)17(24,8-23-10-21-9-22-23)12-6-14(19)15(20)7-13(12)18/h6-7,9-11,16,24H,2-5,8H2,1H3/t11-,16?,17?/m1/s1. The Morgan fingerprint density at radius 2 is 2.08 bits per heavy atom. The molecular weight excluding hydrogens is 351 g/mol. The van der Waals surface area contributed by atoms with Gasteiger partial charge in [-0.2, -0.15) is 5.10 Å². The molecular formula is C17H20F3N3O3. The summed E-state index contributed by atoms with van der Waals surface area (Å²) in [7, 11) is 0. The van der Waals surface area contributed by atoms with Crippen LogP contribution in [0.2, 0.25) is 0 Å². The smallest absolute Gasteiger partial charge is 0.161 e. The second kappa shape index (κ2) is 7.73. The van der Waals surface area contributed by atoms with E-state index in [9.17, 15) is 18.3 Å². The van der Waals surface area contributed by atoms with E-state index in [0.717, 1.165) is 12.8 Å². The quantitative estimate of drug-likeness (QED) is 0.791. The Balaban J connectivity index is 1.94. The van der Waals surface area contributed by atoms with Gasteiger partial charge in [0.2, 0.25) is 0 Å². The van der Waals surface area contributed by atoms with Gasteiger partial charge in [-0.25, -0.2) is 22.8 Å². The van der Waals surface area contributed by atoms with Gasteiger partial charge in [-0.3, -0.25) is 0 Å². The van der Waals surface area contributed by atoms with Crippen molar-refractivity contribution in [3.05, 3.63) is 47.8 Å². The number of nitrogens with zero attached hydrogens (tertiary/aromatic N) is 3. The van der Waals surface area contributed by atoms with E-state index in [0.29, 0.717) is 25.2 Å². The highest BCUT2D eigenvalue weighted by atomic mass is 19.2. The van der Waals surface area contributed by atoms with Gasteiger partial charge in [0.05, 0.1) is 12.6 Å². The maximum atomic E-state index is 14.4. The zero-order chi connectivity index (χ0) is 18.7. The Hall–Kier alpha value is -1.97. The molecule has 0 amide bonds. The van der Waals surface area contributed by atoms with Crippen LogP contribution in [-0.4, -0.2) is 38.9 Å². The first-order valence-electron chi connectivity index (χ1n) is 8.37. The number of halogens is 3. The molecule has 1 fully saturated rings. The molecule has 1 saturated heterocycles. The minimum atomic E-state index is -2.02. The van der Waals surface area contributed by atoms with Crippen LogP contribution in [0.4, 0.5) is 13.2 Å². The second-order valence-electron chi connectivity index (χ2n) is 6.34. The van der Waals surface area contributed by atoms with Gasteiger partial charge in [-0.05, 0) is 32.3 Å². The third kappa shape index (κ3) is 3.89. The molecule has 0 bridgehead atoms. The lowest BCUT2D eigenvalue weighted by Gasteiger charge is -2.37. The van der Waals surface area contributed by atoms with E-state index in [4.69, 9.17) is 9.47 Å². The Morgan fingerprint density at radius 1 is 1.31 bits per heavy atom. The second-order valence-corrected chi connectivity index (χ2v) is 6.34. The Kier molecular flexibility index (Phi) is 5.59. The van der Waals surface area contributed by atoms with Crippen molar-refractivity contribution in [2.24, 2.45) is 0 Å². The molecule has 0 radical (unpaired) electrons. The maximum Gasteiger partial charge on any atom is 0.161 e. The highest BCUT2D eigenvalue weighted by molar-refractivity contribution is 5.27. The van der Waals surface area contributed by atoms with E-state index < -0.39 is 41.0 Å². The number of hydrogen-bond acceptors (Lipinski definition) is 5. The lowest BCUT2D eigenvalue weighted by Crippen LogP contribution is -2.46. The minimum absolute atomic E-state index is 0.261. The van der Waals surface area contributed by atoms with E-state index in [-0.39, 0.29) is 6.54 Å². The summed E-state index contributed by atoms with van der Waals surface area (Å²) in [4.78, 5) is 3.78. The van der Waals surface area contributed by atoms with Gasteiger partial charge in [-0.1, -0.05) is 0 Å². The predicted octanol–water partition coefficient (Wildman–Crippen LogP) is 2.51. The lowest BCUT2D eigenvalue weighted by atomic mass is 9.87. The minimum Gasteiger partial charge on any atom is -0.380 e. The van der Waals surface area contributed by atoms with Gasteiger partial charge in [0, 0.05) is 18.2 Å². The lowest BCUT2D eigenvalue weighted by molar-refractivity contribution is -0.229. The summed E-state index contributed by atoms with van der Waals surface area (Å²) in [6.45, 7) is 1.79. The summed E-state index contributed by atoms with van der Waals surface area (Å²) in [6.07, 6.45) is 3.46. The molecule has 1 aliphatic heterocycles. The molecule has 3 atom stereocenters. The van der Waals surface area contributed by atoms with Crippen LogP contribution >= 0.6 is 0 Å². The van der Waals surface area contributed by atoms with Crippen molar-refractivity contribution in [2.75, 3.05) is 6.61 Å². The maximum absolute atomic E-state index is 14.4. The zero-order valence-electron chi connectivity index (χ0n) is 14.2. The van der Waals surface area contributed by atoms with E-state index >= 15 is 0 Å². The third-order valence-corrected chi connectivity index (χ3v) is 4.51. The molecule has 142 valence electrons. The Morgan fingerprint density at radius 3 is 2.73 bits per heavy atom. The molecule has 2 heterocycles. The summed E-state index contributed by atoms with van der Waals surface area (Å²) in [6, 6.07) is 1.05. The van der Waals surface area contributed by atoms with Crippen LogP contribution in [-0.2, 0) is 21.6 Å². The van der Waals surface area contributed by atoms with E-state index in [2.05, 4.69) is 10.1 Å². The molecule has 2 unspecified atom stereocenters. The van der Waals surface area contributed by atoms with Gasteiger partial charge in [0.1, 0.15) is 24.1 Å². The number of hydrogen-bond donors (Lipinski definition) is 1. The number of aromatic nitrogens is 3. The molecule has 3 rings (SSSR count). The molecule has 9 heteroatoms. The van der Waals surface area contributed by atoms with Gasteiger partial charge in [0.15, 0.2) is 17.9 Å². The molecule has 1 aromatic heterocycles. The van der Waals surface area contributed by atoms with Crippen molar-refractivity contribution in [1.82, 2.24) is 14.8 Å². The normalized spacial score (nSPS) is 21.3. The first-order chi connectivity index (χ1) is 12.4.